The number of rotatable bonds is 8. The van der Waals surface area contributed by atoms with Gasteiger partial charge in [-0.25, -0.2) is 0 Å². The Hall–Kier alpha value is -1.07. The first-order valence-electron chi connectivity index (χ1n) is 5.95. The number of carbonyl (C=O) groups excluding carboxylic acids is 1. The molecule has 0 saturated carbocycles. The quantitative estimate of drug-likeness (QED) is 0.749. The Morgan fingerprint density at radius 3 is 2.72 bits per heavy atom. The van der Waals surface area contributed by atoms with E-state index in [0.29, 0.717) is 25.5 Å². The highest BCUT2D eigenvalue weighted by atomic mass is 79.9. The van der Waals surface area contributed by atoms with Crippen molar-refractivity contribution in [3.63, 3.8) is 0 Å². The van der Waals surface area contributed by atoms with Gasteiger partial charge in [0.05, 0.1) is 0 Å². The van der Waals surface area contributed by atoms with Gasteiger partial charge in [-0.1, -0.05) is 15.9 Å². The van der Waals surface area contributed by atoms with Crippen LogP contribution in [0.15, 0.2) is 28.7 Å². The van der Waals surface area contributed by atoms with Crippen LogP contribution in [0.25, 0.3) is 0 Å². The molecule has 1 N–H and O–H groups in total. The molecule has 1 amide bonds. The van der Waals surface area contributed by atoms with Gasteiger partial charge >= 0.3 is 0 Å². The first kappa shape index (κ1) is 15.0. The molecule has 0 unspecified atom stereocenters. The van der Waals surface area contributed by atoms with Crippen LogP contribution in [-0.2, 0) is 9.53 Å². The minimum absolute atomic E-state index is 0.0380. The predicted octanol–water partition coefficient (Wildman–Crippen LogP) is 2.37. The maximum Gasteiger partial charge on any atom is 0.257 e. The minimum atomic E-state index is -0.116. The lowest BCUT2D eigenvalue weighted by Crippen LogP contribution is -2.30. The summed E-state index contributed by atoms with van der Waals surface area (Å²) in [7, 11) is 0. The van der Waals surface area contributed by atoms with Crippen molar-refractivity contribution in [2.24, 2.45) is 0 Å². The van der Waals surface area contributed by atoms with Crippen molar-refractivity contribution in [1.82, 2.24) is 5.32 Å². The Bertz CT molecular complexity index is 354. The third-order valence-corrected chi connectivity index (χ3v) is 2.70. The predicted molar refractivity (Wildman–Crippen MR) is 73.8 cm³/mol. The number of hydrogen-bond acceptors (Lipinski definition) is 3. The zero-order valence-electron chi connectivity index (χ0n) is 10.4. The fourth-order valence-corrected chi connectivity index (χ4v) is 1.54. The molecule has 0 radical (unpaired) electrons. The Labute approximate surface area is 116 Å². The summed E-state index contributed by atoms with van der Waals surface area (Å²) in [4.78, 5) is 11.4. The van der Waals surface area contributed by atoms with Gasteiger partial charge in [0.1, 0.15) is 5.75 Å². The molecule has 0 spiro atoms. The number of carbonyl (C=O) groups is 1. The molecule has 0 atom stereocenters. The Morgan fingerprint density at radius 2 is 2.06 bits per heavy atom. The van der Waals surface area contributed by atoms with Gasteiger partial charge < -0.3 is 14.8 Å². The van der Waals surface area contributed by atoms with Crippen molar-refractivity contribution in [1.29, 1.82) is 0 Å². The normalized spacial score (nSPS) is 10.1. The fraction of sp³-hybridized carbons (Fsp3) is 0.462. The molecule has 0 aliphatic rings. The molecule has 0 fully saturated rings. The van der Waals surface area contributed by atoms with E-state index in [9.17, 15) is 4.79 Å². The zero-order chi connectivity index (χ0) is 13.2. The second-order valence-electron chi connectivity index (χ2n) is 3.64. The largest absolute Gasteiger partial charge is 0.484 e. The summed E-state index contributed by atoms with van der Waals surface area (Å²) in [5.41, 5.74) is 0. The molecule has 18 heavy (non-hydrogen) atoms. The van der Waals surface area contributed by atoms with Gasteiger partial charge in [-0.15, -0.1) is 0 Å². The van der Waals surface area contributed by atoms with E-state index in [1.54, 1.807) is 0 Å². The average molecular weight is 316 g/mol. The van der Waals surface area contributed by atoms with Crippen LogP contribution in [0.5, 0.6) is 5.75 Å². The molecule has 0 aliphatic carbocycles. The zero-order valence-corrected chi connectivity index (χ0v) is 12.0. The van der Waals surface area contributed by atoms with Gasteiger partial charge in [0.25, 0.3) is 5.91 Å². The summed E-state index contributed by atoms with van der Waals surface area (Å²) in [6, 6.07) is 7.36. The van der Waals surface area contributed by atoms with E-state index in [1.165, 1.54) is 0 Å². The lowest BCUT2D eigenvalue weighted by molar-refractivity contribution is -0.123. The number of hydrogen-bond donors (Lipinski definition) is 1. The van der Waals surface area contributed by atoms with Gasteiger partial charge in [-0.2, -0.15) is 0 Å². The average Bonchev–Trinajstić information content (AvgIpc) is 2.38. The van der Waals surface area contributed by atoms with Crippen molar-refractivity contribution in [2.45, 2.75) is 13.3 Å². The summed E-state index contributed by atoms with van der Waals surface area (Å²) in [5, 5.41) is 2.77. The molecule has 0 heterocycles. The molecule has 0 aromatic heterocycles. The van der Waals surface area contributed by atoms with Crippen LogP contribution in [0, 0.1) is 0 Å². The van der Waals surface area contributed by atoms with Crippen molar-refractivity contribution in [2.75, 3.05) is 26.4 Å². The SMILES string of the molecule is CCOCCCNC(=O)COc1ccc(Br)cc1. The standard InChI is InChI=1S/C13H18BrNO3/c1-2-17-9-3-8-15-13(16)10-18-12-6-4-11(14)5-7-12/h4-7H,2-3,8-10H2,1H3,(H,15,16). The Morgan fingerprint density at radius 1 is 1.33 bits per heavy atom. The molecule has 0 aliphatic heterocycles. The van der Waals surface area contributed by atoms with Crippen LogP contribution in [0.4, 0.5) is 0 Å². The first-order chi connectivity index (χ1) is 8.72. The van der Waals surface area contributed by atoms with Crippen LogP contribution in [0.2, 0.25) is 0 Å². The minimum Gasteiger partial charge on any atom is -0.484 e. The number of halogens is 1. The van der Waals surface area contributed by atoms with Crippen molar-refractivity contribution < 1.29 is 14.3 Å². The smallest absolute Gasteiger partial charge is 0.257 e. The molecule has 1 rings (SSSR count). The van der Waals surface area contributed by atoms with E-state index in [0.717, 1.165) is 10.9 Å². The van der Waals surface area contributed by atoms with Crippen molar-refractivity contribution in [3.05, 3.63) is 28.7 Å². The highest BCUT2D eigenvalue weighted by Gasteiger charge is 2.01. The van der Waals surface area contributed by atoms with Gasteiger partial charge in [-0.3, -0.25) is 4.79 Å². The Kier molecular flexibility index (Phi) is 7.44. The molecule has 100 valence electrons. The van der Waals surface area contributed by atoms with Crippen molar-refractivity contribution in [3.8, 4) is 5.75 Å². The highest BCUT2D eigenvalue weighted by Crippen LogP contribution is 2.15. The molecule has 0 saturated heterocycles. The molecule has 4 nitrogen and oxygen atoms in total. The summed E-state index contributed by atoms with van der Waals surface area (Å²) < 4.78 is 11.5. The lowest BCUT2D eigenvalue weighted by Gasteiger charge is -2.07. The van der Waals surface area contributed by atoms with Crippen LogP contribution in [0.3, 0.4) is 0 Å². The molecular formula is C13H18BrNO3. The Balaban J connectivity index is 2.11. The van der Waals surface area contributed by atoms with Crippen LogP contribution in [-0.4, -0.2) is 32.3 Å². The van der Waals surface area contributed by atoms with E-state index < -0.39 is 0 Å². The summed E-state index contributed by atoms with van der Waals surface area (Å²) in [5.74, 6) is 0.567. The van der Waals surface area contributed by atoms with Crippen LogP contribution in [0.1, 0.15) is 13.3 Å². The topological polar surface area (TPSA) is 47.6 Å². The fourth-order valence-electron chi connectivity index (χ4n) is 1.28. The number of ether oxygens (including phenoxy) is 2. The number of amides is 1. The molecule has 0 bridgehead atoms. The first-order valence-corrected chi connectivity index (χ1v) is 6.74. The molecule has 5 heteroatoms. The third kappa shape index (κ3) is 6.61. The monoisotopic (exact) mass is 315 g/mol. The number of benzene rings is 1. The summed E-state index contributed by atoms with van der Waals surface area (Å²) >= 11 is 3.33. The maximum absolute atomic E-state index is 11.4. The van der Waals surface area contributed by atoms with Gasteiger partial charge in [0.2, 0.25) is 0 Å². The van der Waals surface area contributed by atoms with E-state index in [2.05, 4.69) is 21.2 Å². The molecule has 1 aromatic rings. The molecular weight excluding hydrogens is 298 g/mol. The van der Waals surface area contributed by atoms with Gasteiger partial charge in [-0.05, 0) is 37.6 Å². The third-order valence-electron chi connectivity index (χ3n) is 2.18. The van der Waals surface area contributed by atoms with E-state index in [4.69, 9.17) is 9.47 Å². The van der Waals surface area contributed by atoms with E-state index in [-0.39, 0.29) is 12.5 Å². The van der Waals surface area contributed by atoms with Crippen molar-refractivity contribution >= 4 is 21.8 Å². The van der Waals surface area contributed by atoms with Crippen LogP contribution < -0.4 is 10.1 Å². The lowest BCUT2D eigenvalue weighted by atomic mass is 10.3. The molecule has 1 aromatic carbocycles. The highest BCUT2D eigenvalue weighted by molar-refractivity contribution is 9.10. The van der Waals surface area contributed by atoms with E-state index in [1.807, 2.05) is 31.2 Å². The van der Waals surface area contributed by atoms with Crippen LogP contribution >= 0.6 is 15.9 Å². The maximum atomic E-state index is 11.4. The second-order valence-corrected chi connectivity index (χ2v) is 4.56. The van der Waals surface area contributed by atoms with Gasteiger partial charge in [0.15, 0.2) is 6.61 Å². The second kappa shape index (κ2) is 8.94. The number of nitrogens with one attached hydrogen (secondary N) is 1. The summed E-state index contributed by atoms with van der Waals surface area (Å²) in [6.07, 6.45) is 0.817. The van der Waals surface area contributed by atoms with E-state index >= 15 is 0 Å². The summed E-state index contributed by atoms with van der Waals surface area (Å²) in [6.45, 7) is 3.98. The van der Waals surface area contributed by atoms with Gasteiger partial charge in [0, 0.05) is 24.2 Å².